The summed E-state index contributed by atoms with van der Waals surface area (Å²) in [5.41, 5.74) is 0.186. The lowest BCUT2D eigenvalue weighted by molar-refractivity contribution is -0.137. The van der Waals surface area contributed by atoms with Crippen LogP contribution in [0.25, 0.3) is 0 Å². The number of amides is 1. The standard InChI is InChI=1S/C21H16ClF3N4O2/c1-12-11-28(14-5-6-15(16(22)9-14)21(23,24)25)20(31)19-13(10-27-29(12)19)8-18(30)17-4-2-3-7-26-17/h2-7,9-10,12H,8,11H2,1H3/t12-/m0/s1. The van der Waals surface area contributed by atoms with Crippen molar-refractivity contribution in [2.45, 2.75) is 25.6 Å². The number of hydrogen-bond acceptors (Lipinski definition) is 4. The number of carbonyl (C=O) groups is 2. The maximum atomic E-state index is 13.2. The Morgan fingerprint density at radius 2 is 2.03 bits per heavy atom. The van der Waals surface area contributed by atoms with Gasteiger partial charge < -0.3 is 4.90 Å². The van der Waals surface area contributed by atoms with Gasteiger partial charge in [0.25, 0.3) is 5.91 Å². The van der Waals surface area contributed by atoms with Gasteiger partial charge in [0.05, 0.1) is 22.8 Å². The fourth-order valence-corrected chi connectivity index (χ4v) is 3.85. The molecule has 1 aliphatic rings. The Morgan fingerprint density at radius 1 is 1.26 bits per heavy atom. The Hall–Kier alpha value is -3.20. The fraction of sp³-hybridized carbons (Fsp3) is 0.238. The van der Waals surface area contributed by atoms with E-state index in [9.17, 15) is 22.8 Å². The molecule has 0 bridgehead atoms. The Morgan fingerprint density at radius 3 is 2.68 bits per heavy atom. The lowest BCUT2D eigenvalue weighted by Crippen LogP contribution is -2.43. The van der Waals surface area contributed by atoms with E-state index in [1.54, 1.807) is 18.2 Å². The van der Waals surface area contributed by atoms with Crippen molar-refractivity contribution in [3.8, 4) is 0 Å². The van der Waals surface area contributed by atoms with E-state index in [0.29, 0.717) is 5.56 Å². The van der Waals surface area contributed by atoms with Crippen LogP contribution in [-0.4, -0.2) is 33.0 Å². The molecular weight excluding hydrogens is 433 g/mol. The minimum atomic E-state index is -4.59. The number of rotatable bonds is 4. The SMILES string of the molecule is C[C@H]1CN(c2ccc(C(F)(F)F)c(Cl)c2)C(=O)c2c(CC(=O)c3ccccn3)cnn21. The third kappa shape index (κ3) is 3.93. The van der Waals surface area contributed by atoms with Crippen LogP contribution in [0.15, 0.2) is 48.8 Å². The number of halogens is 4. The smallest absolute Gasteiger partial charge is 0.305 e. The Kier molecular flexibility index (Phi) is 5.30. The number of anilines is 1. The number of hydrogen-bond donors (Lipinski definition) is 0. The Labute approximate surface area is 180 Å². The third-order valence-electron chi connectivity index (χ3n) is 5.05. The number of benzene rings is 1. The number of carbonyl (C=O) groups excluding carboxylic acids is 2. The average molecular weight is 449 g/mol. The van der Waals surface area contributed by atoms with Crippen LogP contribution in [0, 0.1) is 0 Å². The molecule has 0 fully saturated rings. The molecule has 3 heterocycles. The summed E-state index contributed by atoms with van der Waals surface area (Å²) in [6.07, 6.45) is -1.70. The van der Waals surface area contributed by atoms with E-state index < -0.39 is 22.7 Å². The molecular formula is C21H16ClF3N4O2. The van der Waals surface area contributed by atoms with Gasteiger partial charge in [0.15, 0.2) is 5.78 Å². The van der Waals surface area contributed by atoms with Crippen LogP contribution in [0.1, 0.15) is 45.1 Å². The fourth-order valence-electron chi connectivity index (χ4n) is 3.56. The highest BCUT2D eigenvalue weighted by molar-refractivity contribution is 6.31. The van der Waals surface area contributed by atoms with Crippen LogP contribution in [0.3, 0.4) is 0 Å². The highest BCUT2D eigenvalue weighted by Gasteiger charge is 2.36. The van der Waals surface area contributed by atoms with Gasteiger partial charge in [-0.1, -0.05) is 17.7 Å². The first-order valence-corrected chi connectivity index (χ1v) is 9.74. The van der Waals surface area contributed by atoms with Gasteiger partial charge >= 0.3 is 6.18 Å². The maximum Gasteiger partial charge on any atom is 0.417 e. The first-order chi connectivity index (χ1) is 14.7. The molecule has 3 aromatic rings. The van der Waals surface area contributed by atoms with E-state index in [4.69, 9.17) is 11.6 Å². The summed E-state index contributed by atoms with van der Waals surface area (Å²) in [6, 6.07) is 7.90. The summed E-state index contributed by atoms with van der Waals surface area (Å²) in [5, 5.41) is 3.76. The minimum Gasteiger partial charge on any atom is -0.305 e. The number of ketones is 1. The summed E-state index contributed by atoms with van der Waals surface area (Å²) in [5.74, 6) is -0.734. The molecule has 0 saturated heterocycles. The van der Waals surface area contributed by atoms with Gasteiger partial charge in [-0.25, -0.2) is 0 Å². The number of pyridine rings is 1. The molecule has 0 saturated carbocycles. The minimum absolute atomic E-state index is 0.0770. The lowest BCUT2D eigenvalue weighted by Gasteiger charge is -2.32. The van der Waals surface area contributed by atoms with Crippen molar-refractivity contribution in [1.82, 2.24) is 14.8 Å². The van der Waals surface area contributed by atoms with Crippen LogP contribution in [0.4, 0.5) is 18.9 Å². The van der Waals surface area contributed by atoms with Gasteiger partial charge in [0, 0.05) is 30.4 Å². The molecule has 1 atom stereocenters. The van der Waals surface area contributed by atoms with Crippen molar-refractivity contribution in [1.29, 1.82) is 0 Å². The molecule has 0 unspecified atom stereocenters. The molecule has 1 amide bonds. The summed E-state index contributed by atoms with van der Waals surface area (Å²) >= 11 is 5.84. The van der Waals surface area contributed by atoms with Crippen LogP contribution in [-0.2, 0) is 12.6 Å². The van der Waals surface area contributed by atoms with E-state index >= 15 is 0 Å². The highest BCUT2D eigenvalue weighted by Crippen LogP contribution is 2.37. The van der Waals surface area contributed by atoms with Gasteiger partial charge in [-0.2, -0.15) is 18.3 Å². The molecule has 160 valence electrons. The summed E-state index contributed by atoms with van der Waals surface area (Å²) < 4.78 is 40.6. The zero-order valence-corrected chi connectivity index (χ0v) is 17.0. The zero-order valence-electron chi connectivity index (χ0n) is 16.2. The van der Waals surface area contributed by atoms with Crippen molar-refractivity contribution < 1.29 is 22.8 Å². The van der Waals surface area contributed by atoms with E-state index in [1.807, 2.05) is 6.92 Å². The molecule has 1 aromatic carbocycles. The van der Waals surface area contributed by atoms with Gasteiger partial charge in [-0.15, -0.1) is 0 Å². The van der Waals surface area contributed by atoms with Gasteiger partial charge in [-0.3, -0.25) is 19.3 Å². The van der Waals surface area contributed by atoms with E-state index in [0.717, 1.165) is 12.1 Å². The second kappa shape index (κ2) is 7.81. The lowest BCUT2D eigenvalue weighted by atomic mass is 10.0. The van der Waals surface area contributed by atoms with Crippen molar-refractivity contribution in [3.05, 3.63) is 76.3 Å². The van der Waals surface area contributed by atoms with Crippen molar-refractivity contribution >= 4 is 29.0 Å². The number of Topliss-reactive ketones (excluding diaryl/α,β-unsaturated/α-hetero) is 1. The molecule has 0 aliphatic carbocycles. The van der Waals surface area contributed by atoms with Gasteiger partial charge in [-0.05, 0) is 37.3 Å². The van der Waals surface area contributed by atoms with Crippen LogP contribution < -0.4 is 4.90 Å². The van der Waals surface area contributed by atoms with Crippen LogP contribution in [0.2, 0.25) is 5.02 Å². The van der Waals surface area contributed by atoms with E-state index in [-0.39, 0.29) is 41.9 Å². The molecule has 0 spiro atoms. The largest absolute Gasteiger partial charge is 0.417 e. The predicted octanol–water partition coefficient (Wildman–Crippen LogP) is 4.60. The predicted molar refractivity (Wildman–Crippen MR) is 107 cm³/mol. The van der Waals surface area contributed by atoms with Crippen LogP contribution >= 0.6 is 11.6 Å². The second-order valence-corrected chi connectivity index (χ2v) is 7.61. The maximum absolute atomic E-state index is 13.2. The monoisotopic (exact) mass is 448 g/mol. The summed E-state index contributed by atoms with van der Waals surface area (Å²) in [6.45, 7) is 2.02. The molecule has 2 aromatic heterocycles. The first kappa shape index (κ1) is 21.0. The molecule has 1 aliphatic heterocycles. The van der Waals surface area contributed by atoms with Crippen molar-refractivity contribution in [2.75, 3.05) is 11.4 Å². The zero-order chi connectivity index (χ0) is 22.3. The van der Waals surface area contributed by atoms with E-state index in [1.165, 1.54) is 28.0 Å². The van der Waals surface area contributed by atoms with Gasteiger partial charge in [0.1, 0.15) is 11.4 Å². The quantitative estimate of drug-likeness (QED) is 0.547. The van der Waals surface area contributed by atoms with Crippen molar-refractivity contribution in [3.63, 3.8) is 0 Å². The van der Waals surface area contributed by atoms with Gasteiger partial charge in [0.2, 0.25) is 0 Å². The van der Waals surface area contributed by atoms with Crippen molar-refractivity contribution in [2.24, 2.45) is 0 Å². The molecule has 6 nitrogen and oxygen atoms in total. The molecule has 10 heteroatoms. The third-order valence-corrected chi connectivity index (χ3v) is 5.37. The molecule has 0 radical (unpaired) electrons. The average Bonchev–Trinajstić information content (AvgIpc) is 3.15. The Bertz CT molecular complexity index is 1160. The van der Waals surface area contributed by atoms with E-state index in [2.05, 4.69) is 10.1 Å². The normalized spacial score (nSPS) is 16.4. The highest BCUT2D eigenvalue weighted by atomic mass is 35.5. The summed E-state index contributed by atoms with van der Waals surface area (Å²) in [4.78, 5) is 31.2. The molecule has 0 N–H and O–H groups in total. The first-order valence-electron chi connectivity index (χ1n) is 9.36. The number of fused-ring (bicyclic) bond motifs is 1. The number of nitrogens with zero attached hydrogens (tertiary/aromatic N) is 4. The Balaban J connectivity index is 1.66. The number of aromatic nitrogens is 3. The molecule has 31 heavy (non-hydrogen) atoms. The number of alkyl halides is 3. The topological polar surface area (TPSA) is 68.1 Å². The second-order valence-electron chi connectivity index (χ2n) is 7.20. The summed E-state index contributed by atoms with van der Waals surface area (Å²) in [7, 11) is 0. The molecule has 4 rings (SSSR count). The van der Waals surface area contributed by atoms with Crippen LogP contribution in [0.5, 0.6) is 0 Å².